The number of amides is 1. The van der Waals surface area contributed by atoms with Gasteiger partial charge in [-0.25, -0.2) is 4.79 Å². The van der Waals surface area contributed by atoms with Crippen molar-refractivity contribution < 1.29 is 23.9 Å². The Morgan fingerprint density at radius 3 is 2.12 bits per heavy atom. The number of carbonyl (C=O) groups is 1. The Morgan fingerprint density at radius 1 is 0.951 bits per heavy atom. The second-order valence-electron chi connectivity index (χ2n) is 10.8. The van der Waals surface area contributed by atoms with Gasteiger partial charge in [0, 0.05) is 17.9 Å². The average molecular weight is 622 g/mol. The van der Waals surface area contributed by atoms with E-state index in [0.29, 0.717) is 42.2 Å². The van der Waals surface area contributed by atoms with Crippen molar-refractivity contribution in [3.8, 4) is 5.75 Å². The second-order valence-corrected chi connectivity index (χ2v) is 11.6. The van der Waals surface area contributed by atoms with E-state index in [1.54, 1.807) is 11.0 Å². The Hall–Kier alpha value is -3.62. The number of aliphatic hydroxyl groups is 1. The fourth-order valence-corrected chi connectivity index (χ4v) is 4.89. The molecule has 216 valence electrons. The molecule has 1 amide bonds. The maximum absolute atomic E-state index is 13.1. The number of rotatable bonds is 12. The van der Waals surface area contributed by atoms with Crippen LogP contribution in [-0.2, 0) is 23.3 Å². The number of alkyl halides is 1. The fraction of sp³-hybridized carbons (Fsp3) is 0.333. The molecule has 0 aliphatic rings. The SMILES string of the molecule is CC(C)(C)OC(=O)N(CCCOc1ccc(CCBr)cc1)Cc1cc(C(O)(c2ccccc2)c2ccccc2)no1. The van der Waals surface area contributed by atoms with Gasteiger partial charge < -0.3 is 24.0 Å². The Bertz CT molecular complexity index is 1330. The summed E-state index contributed by atoms with van der Waals surface area (Å²) < 4.78 is 17.3. The molecule has 0 spiro atoms. The largest absolute Gasteiger partial charge is 0.494 e. The lowest BCUT2D eigenvalue weighted by Gasteiger charge is -2.27. The molecule has 7 nitrogen and oxygen atoms in total. The predicted octanol–water partition coefficient (Wildman–Crippen LogP) is 7.10. The number of aryl methyl sites for hydroxylation is 1. The van der Waals surface area contributed by atoms with E-state index in [0.717, 1.165) is 17.5 Å². The van der Waals surface area contributed by atoms with Crippen molar-refractivity contribution in [2.45, 2.75) is 51.4 Å². The zero-order valence-corrected chi connectivity index (χ0v) is 25.3. The standard InChI is InChI=1S/C33H37BrN2O5/c1-32(2,3)40-31(37)36(21-10-22-39-28-17-15-25(16-18-28)19-20-34)24-29-23-30(35-41-29)33(38,26-11-6-4-7-12-26)27-13-8-5-9-14-27/h4-9,11-18,23,38H,10,19-22,24H2,1-3H3. The highest BCUT2D eigenvalue weighted by atomic mass is 79.9. The van der Waals surface area contributed by atoms with Crippen LogP contribution in [0.3, 0.4) is 0 Å². The van der Waals surface area contributed by atoms with Gasteiger partial charge in [-0.3, -0.25) is 0 Å². The van der Waals surface area contributed by atoms with Crippen molar-refractivity contribution in [2.24, 2.45) is 0 Å². The van der Waals surface area contributed by atoms with Crippen molar-refractivity contribution in [3.63, 3.8) is 0 Å². The number of nitrogens with zero attached hydrogens (tertiary/aromatic N) is 2. The van der Waals surface area contributed by atoms with Gasteiger partial charge in [0.2, 0.25) is 0 Å². The van der Waals surface area contributed by atoms with Crippen LogP contribution in [0.5, 0.6) is 5.75 Å². The third kappa shape index (κ3) is 8.21. The summed E-state index contributed by atoms with van der Waals surface area (Å²) in [5.41, 5.74) is 0.707. The van der Waals surface area contributed by atoms with Crippen molar-refractivity contribution in [2.75, 3.05) is 18.5 Å². The third-order valence-electron chi connectivity index (χ3n) is 6.46. The van der Waals surface area contributed by atoms with Crippen LogP contribution < -0.4 is 4.74 Å². The molecule has 0 atom stereocenters. The van der Waals surface area contributed by atoms with Crippen LogP contribution in [0.15, 0.2) is 95.5 Å². The minimum atomic E-state index is -1.53. The van der Waals surface area contributed by atoms with Gasteiger partial charge in [0.15, 0.2) is 11.4 Å². The minimum Gasteiger partial charge on any atom is -0.494 e. The molecule has 1 aromatic heterocycles. The molecule has 0 aliphatic carbocycles. The van der Waals surface area contributed by atoms with Crippen molar-refractivity contribution >= 4 is 22.0 Å². The van der Waals surface area contributed by atoms with Gasteiger partial charge >= 0.3 is 6.09 Å². The van der Waals surface area contributed by atoms with Gasteiger partial charge in [0.1, 0.15) is 17.0 Å². The number of halogens is 1. The molecule has 41 heavy (non-hydrogen) atoms. The summed E-state index contributed by atoms with van der Waals surface area (Å²) in [5, 5.41) is 17.2. The van der Waals surface area contributed by atoms with Crippen LogP contribution in [0.2, 0.25) is 0 Å². The van der Waals surface area contributed by atoms with E-state index >= 15 is 0 Å². The van der Waals surface area contributed by atoms with E-state index in [9.17, 15) is 9.90 Å². The van der Waals surface area contributed by atoms with E-state index in [4.69, 9.17) is 14.0 Å². The van der Waals surface area contributed by atoms with E-state index in [1.165, 1.54) is 5.56 Å². The topological polar surface area (TPSA) is 85.0 Å². The van der Waals surface area contributed by atoms with E-state index in [2.05, 4.69) is 33.2 Å². The summed E-state index contributed by atoms with van der Waals surface area (Å²) in [5.74, 6) is 1.22. The maximum Gasteiger partial charge on any atom is 0.410 e. The molecule has 3 aromatic carbocycles. The Labute approximate surface area is 250 Å². The van der Waals surface area contributed by atoms with Gasteiger partial charge in [-0.2, -0.15) is 0 Å². The zero-order chi connectivity index (χ0) is 29.3. The normalized spacial score (nSPS) is 11.7. The zero-order valence-electron chi connectivity index (χ0n) is 23.8. The van der Waals surface area contributed by atoms with Crippen LogP contribution in [-0.4, -0.2) is 45.3 Å². The first-order valence-corrected chi connectivity index (χ1v) is 14.9. The Balaban J connectivity index is 1.49. The molecule has 1 heterocycles. The Kier molecular flexibility index (Phi) is 10.2. The number of carbonyl (C=O) groups excluding carboxylic acids is 1. The molecule has 0 saturated heterocycles. The lowest BCUT2D eigenvalue weighted by atomic mass is 9.83. The molecule has 8 heteroatoms. The molecule has 0 bridgehead atoms. The van der Waals surface area contributed by atoms with Crippen LogP contribution >= 0.6 is 15.9 Å². The van der Waals surface area contributed by atoms with Crippen molar-refractivity contribution in [1.82, 2.24) is 10.1 Å². The van der Waals surface area contributed by atoms with Gasteiger partial charge in [0.25, 0.3) is 0 Å². The number of hydrogen-bond donors (Lipinski definition) is 1. The quantitative estimate of drug-likeness (QED) is 0.134. The predicted molar refractivity (Wildman–Crippen MR) is 162 cm³/mol. The molecule has 0 radical (unpaired) electrons. The lowest BCUT2D eigenvalue weighted by Crippen LogP contribution is -2.37. The lowest BCUT2D eigenvalue weighted by molar-refractivity contribution is 0.0209. The number of hydrogen-bond acceptors (Lipinski definition) is 6. The molecule has 0 fully saturated rings. The summed E-state index contributed by atoms with van der Waals surface area (Å²) in [6, 6.07) is 28.4. The Morgan fingerprint density at radius 2 is 1.56 bits per heavy atom. The van der Waals surface area contributed by atoms with Crippen LogP contribution in [0.1, 0.15) is 55.3 Å². The van der Waals surface area contributed by atoms with E-state index in [1.807, 2.05) is 93.6 Å². The van der Waals surface area contributed by atoms with Gasteiger partial charge in [-0.15, -0.1) is 0 Å². The molecule has 0 aliphatic heterocycles. The number of aromatic nitrogens is 1. The van der Waals surface area contributed by atoms with Gasteiger partial charge in [-0.05, 0) is 62.4 Å². The van der Waals surface area contributed by atoms with Gasteiger partial charge in [-0.1, -0.05) is 93.9 Å². The molecule has 4 aromatic rings. The third-order valence-corrected chi connectivity index (χ3v) is 6.86. The molecule has 0 saturated carbocycles. The smallest absolute Gasteiger partial charge is 0.410 e. The molecular formula is C33H37BrN2O5. The van der Waals surface area contributed by atoms with Crippen molar-refractivity contribution in [1.29, 1.82) is 0 Å². The summed E-state index contributed by atoms with van der Waals surface area (Å²) in [6.07, 6.45) is 1.08. The van der Waals surface area contributed by atoms with Crippen LogP contribution in [0.4, 0.5) is 4.79 Å². The summed E-state index contributed by atoms with van der Waals surface area (Å²) in [7, 11) is 0. The molecule has 0 unspecified atom stereocenters. The van der Waals surface area contributed by atoms with E-state index < -0.39 is 17.3 Å². The van der Waals surface area contributed by atoms with E-state index in [-0.39, 0.29) is 6.54 Å². The molecular weight excluding hydrogens is 584 g/mol. The second kappa shape index (κ2) is 13.8. The fourth-order valence-electron chi connectivity index (χ4n) is 4.44. The number of benzene rings is 3. The minimum absolute atomic E-state index is 0.128. The highest BCUT2D eigenvalue weighted by Gasteiger charge is 2.37. The first-order chi connectivity index (χ1) is 19.7. The average Bonchev–Trinajstić information content (AvgIpc) is 3.44. The monoisotopic (exact) mass is 620 g/mol. The van der Waals surface area contributed by atoms with Crippen molar-refractivity contribution in [3.05, 3.63) is 119 Å². The first kappa shape index (κ1) is 30.3. The van der Waals surface area contributed by atoms with Crippen LogP contribution in [0.25, 0.3) is 0 Å². The molecule has 4 rings (SSSR count). The molecule has 1 N–H and O–H groups in total. The first-order valence-electron chi connectivity index (χ1n) is 13.7. The summed E-state index contributed by atoms with van der Waals surface area (Å²) >= 11 is 3.46. The highest BCUT2D eigenvalue weighted by molar-refractivity contribution is 9.09. The maximum atomic E-state index is 13.1. The van der Waals surface area contributed by atoms with Gasteiger partial charge in [0.05, 0.1) is 13.2 Å². The summed E-state index contributed by atoms with van der Waals surface area (Å²) in [6.45, 7) is 6.44. The summed E-state index contributed by atoms with van der Waals surface area (Å²) in [4.78, 5) is 14.7. The highest BCUT2D eigenvalue weighted by Crippen LogP contribution is 2.36. The van der Waals surface area contributed by atoms with Crippen LogP contribution in [0, 0.1) is 0 Å². The number of ether oxygens (including phenoxy) is 2.